The van der Waals surface area contributed by atoms with Crippen molar-refractivity contribution in [1.29, 1.82) is 0 Å². The van der Waals surface area contributed by atoms with E-state index in [-0.39, 0.29) is 5.91 Å². The van der Waals surface area contributed by atoms with E-state index in [1.165, 1.54) is 11.3 Å². The lowest BCUT2D eigenvalue weighted by Crippen LogP contribution is -2.25. The highest BCUT2D eigenvalue weighted by atomic mass is 35.5. The first-order valence-electron chi connectivity index (χ1n) is 6.82. The van der Waals surface area contributed by atoms with Gasteiger partial charge in [0, 0.05) is 17.3 Å². The van der Waals surface area contributed by atoms with Crippen molar-refractivity contribution in [3.63, 3.8) is 0 Å². The number of anilines is 2. The summed E-state index contributed by atoms with van der Waals surface area (Å²) in [7, 11) is 0. The zero-order valence-electron chi connectivity index (χ0n) is 11.6. The van der Waals surface area contributed by atoms with Gasteiger partial charge in [-0.2, -0.15) is 0 Å². The second kappa shape index (κ2) is 5.99. The molecule has 0 bridgehead atoms. The predicted octanol–water partition coefficient (Wildman–Crippen LogP) is 3.10. The van der Waals surface area contributed by atoms with Gasteiger partial charge in [0.05, 0.1) is 13.0 Å². The molecule has 0 spiro atoms. The maximum absolute atomic E-state index is 12.1. The van der Waals surface area contributed by atoms with Crippen LogP contribution in [-0.2, 0) is 17.8 Å². The number of nitrogens with one attached hydrogen (secondary N) is 1. The Morgan fingerprint density at radius 1 is 1.43 bits per heavy atom. The third-order valence-electron chi connectivity index (χ3n) is 3.27. The lowest BCUT2D eigenvalue weighted by atomic mass is 10.2. The largest absolute Gasteiger partial charge is 0.360 e. The van der Waals surface area contributed by atoms with Crippen molar-refractivity contribution in [2.75, 3.05) is 16.8 Å². The number of fused-ring (bicyclic) bond motifs is 1. The smallest absolute Gasteiger partial charge is 0.231 e. The van der Waals surface area contributed by atoms with E-state index >= 15 is 0 Å². The number of rotatable bonds is 5. The molecule has 1 aliphatic rings. The zero-order chi connectivity index (χ0) is 14.8. The first-order chi connectivity index (χ1) is 10.2. The predicted molar refractivity (Wildman–Crippen MR) is 85.0 cm³/mol. The van der Waals surface area contributed by atoms with Gasteiger partial charge in [0.25, 0.3) is 0 Å². The van der Waals surface area contributed by atoms with Crippen molar-refractivity contribution in [2.24, 2.45) is 0 Å². The topological polar surface area (TPSA) is 58.1 Å². The van der Waals surface area contributed by atoms with Crippen LogP contribution in [0.3, 0.4) is 0 Å². The average Bonchev–Trinajstić information content (AvgIpc) is 3.03. The SMILES string of the molecule is CCCNc1nnc(CN2C(=O)Cc3ccc(Cl)cc32)s1. The van der Waals surface area contributed by atoms with Crippen LogP contribution in [0.25, 0.3) is 0 Å². The van der Waals surface area contributed by atoms with Crippen LogP contribution in [-0.4, -0.2) is 22.6 Å². The van der Waals surface area contributed by atoms with Crippen molar-refractivity contribution in [1.82, 2.24) is 10.2 Å². The molecule has 2 aromatic rings. The Kier molecular flexibility index (Phi) is 4.07. The monoisotopic (exact) mass is 322 g/mol. The molecule has 7 heteroatoms. The Hall–Kier alpha value is -1.66. The fraction of sp³-hybridized carbons (Fsp3) is 0.357. The fourth-order valence-electron chi connectivity index (χ4n) is 2.26. The van der Waals surface area contributed by atoms with Crippen molar-refractivity contribution in [3.8, 4) is 0 Å². The van der Waals surface area contributed by atoms with Crippen LogP contribution in [0.5, 0.6) is 0 Å². The molecule has 1 aromatic heterocycles. The summed E-state index contributed by atoms with van der Waals surface area (Å²) in [6, 6.07) is 5.55. The summed E-state index contributed by atoms with van der Waals surface area (Å²) in [6.45, 7) is 3.41. The molecule has 0 radical (unpaired) electrons. The standard InChI is InChI=1S/C14H15ClN4OS/c1-2-5-16-14-18-17-12(21-14)8-19-11-7-10(15)4-3-9(11)6-13(19)20/h3-4,7H,2,5-6,8H2,1H3,(H,16,18). The number of hydrogen-bond donors (Lipinski definition) is 1. The molecule has 1 N–H and O–H groups in total. The molecular formula is C14H15ClN4OS. The molecule has 0 fully saturated rings. The van der Waals surface area contributed by atoms with E-state index in [0.717, 1.165) is 34.4 Å². The molecule has 0 atom stereocenters. The number of hydrogen-bond acceptors (Lipinski definition) is 5. The highest BCUT2D eigenvalue weighted by molar-refractivity contribution is 7.15. The molecule has 0 saturated carbocycles. The highest BCUT2D eigenvalue weighted by Crippen LogP contribution is 2.33. The van der Waals surface area contributed by atoms with E-state index in [4.69, 9.17) is 11.6 Å². The van der Waals surface area contributed by atoms with Crippen LogP contribution in [0.2, 0.25) is 5.02 Å². The number of carbonyl (C=O) groups is 1. The first kappa shape index (κ1) is 14.3. The van der Waals surface area contributed by atoms with Crippen molar-refractivity contribution in [2.45, 2.75) is 26.3 Å². The molecule has 3 rings (SSSR count). The van der Waals surface area contributed by atoms with Gasteiger partial charge < -0.3 is 10.2 Å². The molecule has 110 valence electrons. The van der Waals surface area contributed by atoms with Gasteiger partial charge in [-0.05, 0) is 24.1 Å². The molecule has 21 heavy (non-hydrogen) atoms. The molecule has 5 nitrogen and oxygen atoms in total. The van der Waals surface area contributed by atoms with E-state index in [2.05, 4.69) is 22.4 Å². The van der Waals surface area contributed by atoms with Gasteiger partial charge in [-0.15, -0.1) is 10.2 Å². The molecule has 1 aliphatic heterocycles. The summed E-state index contributed by atoms with van der Waals surface area (Å²) in [5.74, 6) is 0.0746. The second-order valence-corrected chi connectivity index (χ2v) is 6.36. The van der Waals surface area contributed by atoms with E-state index in [0.29, 0.717) is 18.0 Å². The van der Waals surface area contributed by atoms with E-state index in [9.17, 15) is 4.79 Å². The third kappa shape index (κ3) is 3.01. The number of amides is 1. The van der Waals surface area contributed by atoms with Gasteiger partial charge in [0.2, 0.25) is 11.0 Å². The summed E-state index contributed by atoms with van der Waals surface area (Å²) in [6.07, 6.45) is 1.46. The van der Waals surface area contributed by atoms with Crippen LogP contribution in [0.1, 0.15) is 23.9 Å². The van der Waals surface area contributed by atoms with E-state index in [1.54, 1.807) is 4.90 Å². The number of benzene rings is 1. The van der Waals surface area contributed by atoms with Crippen LogP contribution < -0.4 is 10.2 Å². The minimum absolute atomic E-state index is 0.0746. The summed E-state index contributed by atoms with van der Waals surface area (Å²) >= 11 is 7.51. The number of halogens is 1. The third-order valence-corrected chi connectivity index (χ3v) is 4.37. The molecular weight excluding hydrogens is 308 g/mol. The second-order valence-electron chi connectivity index (χ2n) is 4.86. The normalized spacial score (nSPS) is 13.6. The summed E-state index contributed by atoms with van der Waals surface area (Å²) in [4.78, 5) is 13.9. The molecule has 0 unspecified atom stereocenters. The summed E-state index contributed by atoms with van der Waals surface area (Å²) < 4.78 is 0. The molecule has 0 saturated heterocycles. The first-order valence-corrected chi connectivity index (χ1v) is 8.02. The van der Waals surface area contributed by atoms with Gasteiger partial charge >= 0.3 is 0 Å². The maximum Gasteiger partial charge on any atom is 0.231 e. The van der Waals surface area contributed by atoms with E-state index in [1.807, 2.05) is 18.2 Å². The van der Waals surface area contributed by atoms with Gasteiger partial charge in [0.1, 0.15) is 5.01 Å². The summed E-state index contributed by atoms with van der Waals surface area (Å²) in [5, 5.41) is 13.7. The molecule has 1 amide bonds. The Bertz CT molecular complexity index is 673. The molecule has 1 aromatic carbocycles. The number of carbonyl (C=O) groups excluding carboxylic acids is 1. The lowest BCUT2D eigenvalue weighted by Gasteiger charge is -2.15. The fourth-order valence-corrected chi connectivity index (χ4v) is 3.18. The van der Waals surface area contributed by atoms with Crippen molar-refractivity contribution >= 4 is 39.7 Å². The van der Waals surface area contributed by atoms with Gasteiger partial charge in [-0.1, -0.05) is 35.9 Å². The van der Waals surface area contributed by atoms with Crippen LogP contribution in [0.4, 0.5) is 10.8 Å². The lowest BCUT2D eigenvalue weighted by molar-refractivity contribution is -0.117. The molecule has 2 heterocycles. The van der Waals surface area contributed by atoms with Gasteiger partial charge in [-0.3, -0.25) is 4.79 Å². The Morgan fingerprint density at radius 3 is 3.10 bits per heavy atom. The summed E-state index contributed by atoms with van der Waals surface area (Å²) in [5.41, 5.74) is 1.89. The number of nitrogens with zero attached hydrogens (tertiary/aromatic N) is 3. The Balaban J connectivity index is 1.77. The van der Waals surface area contributed by atoms with Crippen molar-refractivity contribution in [3.05, 3.63) is 33.8 Å². The van der Waals surface area contributed by atoms with Gasteiger partial charge in [0.15, 0.2) is 0 Å². The van der Waals surface area contributed by atoms with Crippen LogP contribution in [0, 0.1) is 0 Å². The van der Waals surface area contributed by atoms with Crippen LogP contribution >= 0.6 is 22.9 Å². The maximum atomic E-state index is 12.1. The van der Waals surface area contributed by atoms with Crippen molar-refractivity contribution < 1.29 is 4.79 Å². The Morgan fingerprint density at radius 2 is 2.29 bits per heavy atom. The van der Waals surface area contributed by atoms with Gasteiger partial charge in [-0.25, -0.2) is 0 Å². The number of aromatic nitrogens is 2. The van der Waals surface area contributed by atoms with Crippen LogP contribution in [0.15, 0.2) is 18.2 Å². The van der Waals surface area contributed by atoms with E-state index < -0.39 is 0 Å². The molecule has 0 aliphatic carbocycles. The highest BCUT2D eigenvalue weighted by Gasteiger charge is 2.28. The Labute approximate surface area is 131 Å². The quantitative estimate of drug-likeness (QED) is 0.919. The average molecular weight is 323 g/mol. The minimum atomic E-state index is 0.0746. The zero-order valence-corrected chi connectivity index (χ0v) is 13.2. The minimum Gasteiger partial charge on any atom is -0.360 e.